The third-order valence-corrected chi connectivity index (χ3v) is 7.80. The molecule has 9 nitrogen and oxygen atoms in total. The summed E-state index contributed by atoms with van der Waals surface area (Å²) in [7, 11) is 0. The molecule has 33 heavy (non-hydrogen) atoms. The average Bonchev–Trinajstić information content (AvgIpc) is 3.54. The number of hydrogen-bond acceptors (Lipinski definition) is 8. The fraction of sp³-hybridized carbons (Fsp3) is 0.333. The van der Waals surface area contributed by atoms with Gasteiger partial charge in [0, 0.05) is 29.6 Å². The fourth-order valence-corrected chi connectivity index (χ4v) is 6.22. The van der Waals surface area contributed by atoms with Gasteiger partial charge in [-0.05, 0) is 37.0 Å². The quantitative estimate of drug-likeness (QED) is 0.252. The van der Waals surface area contributed by atoms with Crippen LogP contribution in [0.3, 0.4) is 0 Å². The molecular formula is C21H21N7O2S3. The number of allylic oxidation sites excluding steroid dienone is 1. The number of aromatic nitrogens is 6. The second kappa shape index (κ2) is 9.12. The average molecular weight is 500 g/mol. The largest absolute Gasteiger partial charge is 0.310 e. The first-order valence-electron chi connectivity index (χ1n) is 10.5. The summed E-state index contributed by atoms with van der Waals surface area (Å²) < 4.78 is 2.39. The first kappa shape index (κ1) is 21.9. The summed E-state index contributed by atoms with van der Waals surface area (Å²) in [5, 5.41) is 13.0. The highest BCUT2D eigenvalue weighted by Crippen LogP contribution is 2.34. The molecule has 1 amide bonds. The number of thiazole rings is 1. The zero-order valence-corrected chi connectivity index (χ0v) is 20.1. The molecule has 0 aliphatic heterocycles. The molecule has 0 aromatic carbocycles. The van der Waals surface area contributed by atoms with Crippen LogP contribution in [0.4, 0.5) is 5.13 Å². The minimum absolute atomic E-state index is 0.103. The number of amides is 1. The Morgan fingerprint density at radius 1 is 1.36 bits per heavy atom. The van der Waals surface area contributed by atoms with Crippen LogP contribution >= 0.6 is 34.9 Å². The number of aromatic amines is 2. The Kier molecular flexibility index (Phi) is 6.04. The second-order valence-electron chi connectivity index (χ2n) is 7.76. The van der Waals surface area contributed by atoms with Gasteiger partial charge in [-0.25, -0.2) is 9.97 Å². The van der Waals surface area contributed by atoms with E-state index in [0.717, 1.165) is 46.6 Å². The van der Waals surface area contributed by atoms with Crippen LogP contribution in [0, 0.1) is 4.77 Å². The predicted octanol–water partition coefficient (Wildman–Crippen LogP) is 3.53. The summed E-state index contributed by atoms with van der Waals surface area (Å²) in [6.07, 6.45) is 5.87. The number of carbonyl (C=O) groups is 1. The van der Waals surface area contributed by atoms with Crippen molar-refractivity contribution < 1.29 is 4.79 Å². The number of thiophene rings is 1. The van der Waals surface area contributed by atoms with Gasteiger partial charge in [0.15, 0.2) is 9.90 Å². The summed E-state index contributed by atoms with van der Waals surface area (Å²) in [4.78, 5) is 39.0. The summed E-state index contributed by atoms with van der Waals surface area (Å²) in [5.41, 5.74) is 1.84. The molecule has 0 saturated heterocycles. The first-order valence-corrected chi connectivity index (χ1v) is 12.6. The van der Waals surface area contributed by atoms with E-state index in [1.54, 1.807) is 17.4 Å². The number of H-pyrrole nitrogens is 2. The number of aryl methyl sites for hydroxylation is 3. The van der Waals surface area contributed by atoms with Gasteiger partial charge >= 0.3 is 0 Å². The molecule has 1 aliphatic carbocycles. The Morgan fingerprint density at radius 3 is 3.09 bits per heavy atom. The predicted molar refractivity (Wildman–Crippen MR) is 132 cm³/mol. The number of fused-ring (bicyclic) bond motifs is 3. The second-order valence-corrected chi connectivity index (χ2v) is 10.1. The maximum absolute atomic E-state index is 12.6. The molecule has 0 saturated carbocycles. The first-order chi connectivity index (χ1) is 16.0. The molecule has 4 aromatic heterocycles. The number of nitrogens with one attached hydrogen (secondary N) is 3. The van der Waals surface area contributed by atoms with Crippen LogP contribution in [0.15, 0.2) is 22.8 Å². The molecule has 0 bridgehead atoms. The highest BCUT2D eigenvalue weighted by atomic mass is 32.1. The molecule has 0 unspecified atom stereocenters. The van der Waals surface area contributed by atoms with Crippen LogP contribution in [0.25, 0.3) is 10.2 Å². The molecule has 0 fully saturated rings. The molecule has 0 atom stereocenters. The van der Waals surface area contributed by atoms with E-state index in [4.69, 9.17) is 12.2 Å². The maximum Gasteiger partial charge on any atom is 0.259 e. The standard InChI is InChI=1S/C21H21N7O2S3/c1-2-8-28-15(26-27-21(28)31)9-11-10-32-20(22-11)25-16(29)7-6-14-23-18(30)17-12-4-3-5-13(12)33-19(17)24-14/h2,10H,1,3-9H2,(H,27,31)(H,22,25,29)(H,23,24,30). The molecule has 0 spiro atoms. The van der Waals surface area contributed by atoms with E-state index in [1.807, 2.05) is 9.95 Å². The van der Waals surface area contributed by atoms with Crippen LogP contribution in [0.5, 0.6) is 0 Å². The van der Waals surface area contributed by atoms with Crippen LogP contribution < -0.4 is 10.9 Å². The monoisotopic (exact) mass is 499 g/mol. The lowest BCUT2D eigenvalue weighted by molar-refractivity contribution is -0.116. The van der Waals surface area contributed by atoms with E-state index in [0.29, 0.717) is 35.1 Å². The Morgan fingerprint density at radius 2 is 2.24 bits per heavy atom. The molecule has 170 valence electrons. The van der Waals surface area contributed by atoms with E-state index in [9.17, 15) is 9.59 Å². The molecule has 0 radical (unpaired) electrons. The van der Waals surface area contributed by atoms with Crippen LogP contribution in [0.1, 0.15) is 40.6 Å². The molecule has 4 heterocycles. The van der Waals surface area contributed by atoms with Crippen molar-refractivity contribution >= 4 is 56.1 Å². The van der Waals surface area contributed by atoms with E-state index >= 15 is 0 Å². The Hall–Kier alpha value is -2.96. The Labute approximate surface area is 201 Å². The Balaban J connectivity index is 1.21. The third kappa shape index (κ3) is 4.45. The van der Waals surface area contributed by atoms with E-state index in [2.05, 4.69) is 37.0 Å². The SMILES string of the molecule is C=CCn1c(Cc2csc(NC(=O)CCc3nc4sc5c(c4c(=O)[nH]3)CCC5)n2)n[nH]c1=S. The van der Waals surface area contributed by atoms with Gasteiger partial charge in [-0.3, -0.25) is 19.3 Å². The van der Waals surface area contributed by atoms with Gasteiger partial charge in [0.25, 0.3) is 5.56 Å². The minimum Gasteiger partial charge on any atom is -0.310 e. The van der Waals surface area contributed by atoms with Gasteiger partial charge in [0.05, 0.1) is 17.5 Å². The van der Waals surface area contributed by atoms with Gasteiger partial charge in [-0.15, -0.1) is 29.3 Å². The number of nitrogens with zero attached hydrogens (tertiary/aromatic N) is 4. The summed E-state index contributed by atoms with van der Waals surface area (Å²) in [6.45, 7) is 4.30. The van der Waals surface area contributed by atoms with Gasteiger partial charge in [-0.1, -0.05) is 6.08 Å². The van der Waals surface area contributed by atoms with Crippen LogP contribution in [-0.2, 0) is 37.0 Å². The molecule has 3 N–H and O–H groups in total. The van der Waals surface area contributed by atoms with Crippen LogP contribution in [0.2, 0.25) is 0 Å². The number of hydrogen-bond donors (Lipinski definition) is 3. The van der Waals surface area contributed by atoms with E-state index in [-0.39, 0.29) is 17.9 Å². The lowest BCUT2D eigenvalue weighted by Gasteiger charge is -2.03. The summed E-state index contributed by atoms with van der Waals surface area (Å²) in [6, 6.07) is 0. The molecular weight excluding hydrogens is 478 g/mol. The molecule has 12 heteroatoms. The fourth-order valence-electron chi connectivity index (χ4n) is 3.99. The zero-order chi connectivity index (χ0) is 22.9. The van der Waals surface area contributed by atoms with Gasteiger partial charge in [0.2, 0.25) is 5.91 Å². The summed E-state index contributed by atoms with van der Waals surface area (Å²) in [5.74, 6) is 1.11. The van der Waals surface area contributed by atoms with Crippen LogP contribution in [-0.4, -0.2) is 35.6 Å². The molecule has 4 aromatic rings. The highest BCUT2D eigenvalue weighted by molar-refractivity contribution is 7.71. The zero-order valence-electron chi connectivity index (χ0n) is 17.6. The number of anilines is 1. The van der Waals surface area contributed by atoms with Crippen molar-refractivity contribution in [1.82, 2.24) is 29.7 Å². The van der Waals surface area contributed by atoms with Gasteiger partial charge < -0.3 is 10.3 Å². The van der Waals surface area contributed by atoms with Crippen molar-refractivity contribution in [2.24, 2.45) is 0 Å². The number of rotatable bonds is 8. The smallest absolute Gasteiger partial charge is 0.259 e. The van der Waals surface area contributed by atoms with E-state index in [1.165, 1.54) is 16.2 Å². The summed E-state index contributed by atoms with van der Waals surface area (Å²) >= 11 is 8.19. The van der Waals surface area contributed by atoms with Crippen molar-refractivity contribution in [3.05, 3.63) is 60.9 Å². The van der Waals surface area contributed by atoms with Crippen molar-refractivity contribution in [2.45, 2.75) is 45.1 Å². The molecule has 5 rings (SSSR count). The van der Waals surface area contributed by atoms with Crippen molar-refractivity contribution in [3.63, 3.8) is 0 Å². The van der Waals surface area contributed by atoms with Gasteiger partial charge in [-0.2, -0.15) is 5.10 Å². The van der Waals surface area contributed by atoms with Crippen molar-refractivity contribution in [1.29, 1.82) is 0 Å². The van der Waals surface area contributed by atoms with Gasteiger partial charge in [0.1, 0.15) is 16.5 Å². The minimum atomic E-state index is -0.179. The maximum atomic E-state index is 12.6. The lowest BCUT2D eigenvalue weighted by atomic mass is 10.2. The topological polar surface area (TPSA) is 121 Å². The Bertz CT molecular complexity index is 1470. The lowest BCUT2D eigenvalue weighted by Crippen LogP contribution is -2.16. The van der Waals surface area contributed by atoms with E-state index < -0.39 is 0 Å². The highest BCUT2D eigenvalue weighted by Gasteiger charge is 2.21. The molecule has 1 aliphatic rings. The van der Waals surface area contributed by atoms with Crippen molar-refractivity contribution in [2.75, 3.05) is 5.32 Å². The number of carbonyl (C=O) groups excluding carboxylic acids is 1. The van der Waals surface area contributed by atoms with Crippen molar-refractivity contribution in [3.8, 4) is 0 Å². The normalized spacial score (nSPS) is 12.8. The third-order valence-electron chi connectivity index (χ3n) is 5.50.